The van der Waals surface area contributed by atoms with Gasteiger partial charge in [0.1, 0.15) is 4.90 Å². The van der Waals surface area contributed by atoms with Crippen LogP contribution in [0.15, 0.2) is 23.5 Å². The number of hydrogen-bond donors (Lipinski definition) is 0. The average Bonchev–Trinajstić information content (AvgIpc) is 2.78. The number of rotatable bonds is 4. The lowest BCUT2D eigenvalue weighted by atomic mass is 10.2. The van der Waals surface area contributed by atoms with Gasteiger partial charge < -0.3 is 0 Å². The molecule has 2 aromatic heterocycles. The third-order valence-corrected chi connectivity index (χ3v) is 4.10. The third-order valence-electron chi connectivity index (χ3n) is 2.68. The van der Waals surface area contributed by atoms with Crippen LogP contribution in [0.1, 0.15) is 25.2 Å². The van der Waals surface area contributed by atoms with Gasteiger partial charge in [-0.3, -0.25) is 4.98 Å². The van der Waals surface area contributed by atoms with Crippen LogP contribution in [0.5, 0.6) is 0 Å². The maximum atomic E-state index is 11.7. The molecule has 0 aliphatic heterocycles. The molecule has 0 saturated heterocycles. The van der Waals surface area contributed by atoms with Crippen LogP contribution in [0.3, 0.4) is 0 Å². The number of nitrogens with zero attached hydrogens (tertiary/aromatic N) is 4. The van der Waals surface area contributed by atoms with E-state index in [-0.39, 0.29) is 4.90 Å². The molecule has 0 saturated carbocycles. The second kappa shape index (κ2) is 5.26. The summed E-state index contributed by atoms with van der Waals surface area (Å²) in [6.45, 7) is 3.67. The first-order valence-corrected chi connectivity index (χ1v) is 8.11. The van der Waals surface area contributed by atoms with Crippen molar-refractivity contribution in [3.05, 3.63) is 30.0 Å². The molecule has 0 spiro atoms. The maximum absolute atomic E-state index is 11.7. The van der Waals surface area contributed by atoms with Crippen molar-refractivity contribution in [2.45, 2.75) is 31.6 Å². The highest BCUT2D eigenvalue weighted by atomic mass is 35.7. The van der Waals surface area contributed by atoms with E-state index in [0.29, 0.717) is 30.0 Å². The largest absolute Gasteiger partial charge is 0.265 e. The van der Waals surface area contributed by atoms with Gasteiger partial charge in [-0.05, 0) is 12.8 Å². The van der Waals surface area contributed by atoms with Gasteiger partial charge in [-0.1, -0.05) is 13.8 Å². The summed E-state index contributed by atoms with van der Waals surface area (Å²) in [5.74, 6) is 0.473. The van der Waals surface area contributed by atoms with E-state index in [1.54, 1.807) is 6.20 Å². The fraction of sp³-hybridized carbons (Fsp3) is 0.364. The second-order valence-electron chi connectivity index (χ2n) is 3.84. The third kappa shape index (κ3) is 2.62. The summed E-state index contributed by atoms with van der Waals surface area (Å²) in [6.07, 6.45) is 5.54. The molecule has 2 aromatic rings. The van der Waals surface area contributed by atoms with Crippen LogP contribution in [0.2, 0.25) is 0 Å². The minimum absolute atomic E-state index is 0.0878. The van der Waals surface area contributed by atoms with Gasteiger partial charge >= 0.3 is 0 Å². The summed E-state index contributed by atoms with van der Waals surface area (Å²) in [5.41, 5.74) is 0.963. The molecule has 0 fully saturated rings. The van der Waals surface area contributed by atoms with E-state index in [0.717, 1.165) is 0 Å². The summed E-state index contributed by atoms with van der Waals surface area (Å²) < 4.78 is 24.9. The zero-order valence-corrected chi connectivity index (χ0v) is 12.1. The van der Waals surface area contributed by atoms with Crippen molar-refractivity contribution in [1.82, 2.24) is 19.7 Å². The Balaban J connectivity index is 2.75. The lowest BCUT2D eigenvalue weighted by Crippen LogP contribution is -2.05. The lowest BCUT2D eigenvalue weighted by Gasteiger charge is -2.04. The Labute approximate surface area is 115 Å². The van der Waals surface area contributed by atoms with Gasteiger partial charge in [0, 0.05) is 23.1 Å². The molecule has 0 aromatic carbocycles. The van der Waals surface area contributed by atoms with Gasteiger partial charge in [-0.15, -0.1) is 0 Å². The van der Waals surface area contributed by atoms with E-state index < -0.39 is 9.05 Å². The summed E-state index contributed by atoms with van der Waals surface area (Å²) in [5, 5.41) is 4.29. The van der Waals surface area contributed by atoms with Gasteiger partial charge in [-0.25, -0.2) is 18.1 Å². The number of hydrogen-bond acceptors (Lipinski definition) is 5. The number of aryl methyl sites for hydroxylation is 1. The Kier molecular flexibility index (Phi) is 3.86. The number of halogens is 1. The van der Waals surface area contributed by atoms with E-state index >= 15 is 0 Å². The summed E-state index contributed by atoms with van der Waals surface area (Å²) in [4.78, 5) is 8.17. The van der Waals surface area contributed by atoms with Gasteiger partial charge in [0.15, 0.2) is 5.82 Å². The molecule has 2 heterocycles. The standard InChI is InChI=1S/C11H13ClN4O2S/c1-3-8-11(19(12,17)18)9(4-2)16(15-8)10-7-13-5-6-14-10/h5-7H,3-4H2,1-2H3. The Hall–Kier alpha value is -1.47. The fourth-order valence-corrected chi connectivity index (χ4v) is 3.42. The predicted octanol–water partition coefficient (Wildman–Crippen LogP) is 1.71. The molecule has 8 heteroatoms. The van der Waals surface area contributed by atoms with Crippen molar-refractivity contribution in [1.29, 1.82) is 0 Å². The minimum Gasteiger partial charge on any atom is -0.259 e. The zero-order valence-electron chi connectivity index (χ0n) is 10.5. The molecule has 6 nitrogen and oxygen atoms in total. The van der Waals surface area contributed by atoms with E-state index in [1.807, 2.05) is 13.8 Å². The summed E-state index contributed by atoms with van der Waals surface area (Å²) in [7, 11) is 1.68. The van der Waals surface area contributed by atoms with Crippen molar-refractivity contribution in [3.8, 4) is 5.82 Å². The smallest absolute Gasteiger partial charge is 0.259 e. The first-order valence-electron chi connectivity index (χ1n) is 5.80. The SMILES string of the molecule is CCc1nn(-c2cnccn2)c(CC)c1S(=O)(=O)Cl. The molecule has 0 unspecified atom stereocenters. The lowest BCUT2D eigenvalue weighted by molar-refractivity contribution is 0.607. The molecule has 102 valence electrons. The Morgan fingerprint density at radius 2 is 2.00 bits per heavy atom. The average molecular weight is 301 g/mol. The van der Waals surface area contributed by atoms with Crippen LogP contribution in [0, 0.1) is 0 Å². The Morgan fingerprint density at radius 1 is 1.26 bits per heavy atom. The van der Waals surface area contributed by atoms with Gasteiger partial charge in [0.2, 0.25) is 0 Å². The molecule has 2 rings (SSSR count). The number of aromatic nitrogens is 4. The molecule has 0 bridgehead atoms. The normalized spacial score (nSPS) is 11.7. The van der Waals surface area contributed by atoms with Gasteiger partial charge in [-0.2, -0.15) is 5.10 Å². The second-order valence-corrected chi connectivity index (χ2v) is 6.35. The van der Waals surface area contributed by atoms with Crippen molar-refractivity contribution in [2.24, 2.45) is 0 Å². The van der Waals surface area contributed by atoms with Gasteiger partial charge in [0.05, 0.1) is 17.6 Å². The quantitative estimate of drug-likeness (QED) is 0.803. The van der Waals surface area contributed by atoms with E-state index in [4.69, 9.17) is 10.7 Å². The topological polar surface area (TPSA) is 77.7 Å². The van der Waals surface area contributed by atoms with Crippen LogP contribution >= 0.6 is 10.7 Å². The highest BCUT2D eigenvalue weighted by Gasteiger charge is 2.26. The molecular formula is C11H13ClN4O2S. The van der Waals surface area contributed by atoms with Crippen molar-refractivity contribution in [3.63, 3.8) is 0 Å². The van der Waals surface area contributed by atoms with Crippen molar-refractivity contribution < 1.29 is 8.42 Å². The van der Waals surface area contributed by atoms with E-state index in [2.05, 4.69) is 15.1 Å². The predicted molar refractivity (Wildman–Crippen MR) is 70.9 cm³/mol. The molecule has 0 aliphatic carbocycles. The van der Waals surface area contributed by atoms with Gasteiger partial charge in [0.25, 0.3) is 9.05 Å². The van der Waals surface area contributed by atoms with Crippen LogP contribution in [0.25, 0.3) is 5.82 Å². The molecule has 0 radical (unpaired) electrons. The minimum atomic E-state index is -3.83. The van der Waals surface area contributed by atoms with E-state index in [9.17, 15) is 8.42 Å². The van der Waals surface area contributed by atoms with Crippen molar-refractivity contribution >= 4 is 19.7 Å². The maximum Gasteiger partial charge on any atom is 0.265 e. The highest BCUT2D eigenvalue weighted by Crippen LogP contribution is 2.26. The zero-order chi connectivity index (χ0) is 14.0. The molecular weight excluding hydrogens is 288 g/mol. The first kappa shape index (κ1) is 14.0. The van der Waals surface area contributed by atoms with Crippen LogP contribution in [-0.2, 0) is 21.9 Å². The molecule has 0 atom stereocenters. The fourth-order valence-electron chi connectivity index (χ4n) is 1.90. The van der Waals surface area contributed by atoms with Crippen LogP contribution in [0.4, 0.5) is 0 Å². The monoisotopic (exact) mass is 300 g/mol. The summed E-state index contributed by atoms with van der Waals surface area (Å²) in [6, 6.07) is 0. The highest BCUT2D eigenvalue weighted by molar-refractivity contribution is 8.13. The van der Waals surface area contributed by atoms with Crippen LogP contribution < -0.4 is 0 Å². The summed E-state index contributed by atoms with van der Waals surface area (Å²) >= 11 is 0. The first-order chi connectivity index (χ1) is 8.99. The van der Waals surface area contributed by atoms with E-state index in [1.165, 1.54) is 17.1 Å². The van der Waals surface area contributed by atoms with Crippen molar-refractivity contribution in [2.75, 3.05) is 0 Å². The molecule has 0 N–H and O–H groups in total. The Morgan fingerprint density at radius 3 is 2.47 bits per heavy atom. The molecule has 19 heavy (non-hydrogen) atoms. The van der Waals surface area contributed by atoms with Crippen LogP contribution in [-0.4, -0.2) is 28.2 Å². The Bertz CT molecular complexity index is 682. The molecule has 0 amide bonds. The molecule has 0 aliphatic rings.